The largest absolute Gasteiger partial charge is 0.512 e. The number of rotatable bonds is 7. The summed E-state index contributed by atoms with van der Waals surface area (Å²) in [5.41, 5.74) is 1.72. The van der Waals surface area contributed by atoms with Crippen LogP contribution in [0.4, 0.5) is 0 Å². The Morgan fingerprint density at radius 3 is 2.21 bits per heavy atom. The van der Waals surface area contributed by atoms with Crippen molar-refractivity contribution in [3.05, 3.63) is 84.3 Å². The van der Waals surface area contributed by atoms with Gasteiger partial charge in [0, 0.05) is 48.9 Å². The van der Waals surface area contributed by atoms with Crippen LogP contribution in [0.25, 0.3) is 32.8 Å². The molecule has 42 heavy (non-hydrogen) atoms. The molecule has 0 saturated carbocycles. The van der Waals surface area contributed by atoms with Crippen molar-refractivity contribution in [3.63, 3.8) is 0 Å². The normalized spacial score (nSPS) is 12.2. The minimum Gasteiger partial charge on any atom is -0.512 e. The van der Waals surface area contributed by atoms with Crippen molar-refractivity contribution in [2.75, 3.05) is 0 Å². The van der Waals surface area contributed by atoms with Crippen LogP contribution in [-0.4, -0.2) is 23.9 Å². The predicted molar refractivity (Wildman–Crippen MR) is 175 cm³/mol. The summed E-state index contributed by atoms with van der Waals surface area (Å²) in [5.74, 6) is 0.195. The Morgan fingerprint density at radius 1 is 0.976 bits per heavy atom. The van der Waals surface area contributed by atoms with E-state index in [1.54, 1.807) is 0 Å². The van der Waals surface area contributed by atoms with E-state index in [-0.39, 0.29) is 42.5 Å². The number of nitrogens with zero attached hydrogens (tertiary/aromatic N) is 2. The third-order valence-electron chi connectivity index (χ3n) is 8.18. The number of nitriles is 1. The van der Waals surface area contributed by atoms with Crippen molar-refractivity contribution in [1.82, 2.24) is 4.98 Å². The number of fused-ring (bicyclic) bond motifs is 2. The van der Waals surface area contributed by atoms with Gasteiger partial charge in [-0.2, -0.15) is 5.26 Å². The second-order valence-corrected chi connectivity index (χ2v) is 18.0. The fraction of sp³-hybridized carbons (Fsp3) is 0.361. The van der Waals surface area contributed by atoms with E-state index in [2.05, 4.69) is 61.0 Å². The Kier molecular flexibility index (Phi) is 11.6. The first kappa shape index (κ1) is 35.1. The van der Waals surface area contributed by atoms with Gasteiger partial charge >= 0.3 is 0 Å². The van der Waals surface area contributed by atoms with Gasteiger partial charge in [-0.25, -0.2) is 0 Å². The van der Waals surface area contributed by atoms with Gasteiger partial charge in [0.05, 0.1) is 14.1 Å². The fourth-order valence-electron chi connectivity index (χ4n) is 4.18. The summed E-state index contributed by atoms with van der Waals surface area (Å²) < 4.78 is 0. The molecule has 1 heterocycles. The van der Waals surface area contributed by atoms with Gasteiger partial charge in [-0.3, -0.25) is 9.78 Å². The standard InChI is InChI=1S/C23H19N2Si.C13H24O2.Ir/c1-26(2,3)20-8-9-22-17(14-20)10-11-25-23(22)18-12-16-6-4-5-7-21(16)19(13-18)15-24;1-7-12(3,4)10(14)9-11(15)13(5,6)8-2;/h4-11,13-14H,1-3H3;9,14H,7-8H2,1-6H3;/q-1;;/b;10-9-;. The van der Waals surface area contributed by atoms with Crippen LogP contribution in [-0.2, 0) is 24.9 Å². The Morgan fingerprint density at radius 2 is 1.62 bits per heavy atom. The van der Waals surface area contributed by atoms with Crippen LogP contribution >= 0.6 is 0 Å². The summed E-state index contributed by atoms with van der Waals surface area (Å²) in [6, 6.07) is 24.3. The maximum Gasteiger partial charge on any atom is 0.164 e. The molecule has 0 unspecified atom stereocenters. The van der Waals surface area contributed by atoms with E-state index >= 15 is 0 Å². The first-order valence-electron chi connectivity index (χ1n) is 14.3. The number of aliphatic hydroxyl groups excluding tert-OH is 1. The van der Waals surface area contributed by atoms with E-state index < -0.39 is 8.07 Å². The van der Waals surface area contributed by atoms with Gasteiger partial charge in [0.15, 0.2) is 5.78 Å². The average Bonchev–Trinajstić information content (AvgIpc) is 2.95. The molecule has 0 spiro atoms. The summed E-state index contributed by atoms with van der Waals surface area (Å²) in [6.45, 7) is 18.7. The number of carbonyl (C=O) groups is 1. The summed E-state index contributed by atoms with van der Waals surface area (Å²) in [5, 5.41) is 25.0. The number of aromatic nitrogens is 1. The monoisotopic (exact) mass is 756 g/mol. The smallest absolute Gasteiger partial charge is 0.164 e. The van der Waals surface area contributed by atoms with E-state index in [9.17, 15) is 15.2 Å². The molecule has 1 radical (unpaired) electrons. The third kappa shape index (κ3) is 8.04. The topological polar surface area (TPSA) is 74.0 Å². The number of ketones is 1. The Balaban J connectivity index is 0.000000334. The van der Waals surface area contributed by atoms with Crippen molar-refractivity contribution in [2.45, 2.75) is 74.0 Å². The molecule has 0 fully saturated rings. The zero-order valence-electron chi connectivity index (χ0n) is 26.3. The zero-order valence-corrected chi connectivity index (χ0v) is 29.7. The van der Waals surface area contributed by atoms with Crippen LogP contribution in [0.15, 0.2) is 72.6 Å². The van der Waals surface area contributed by atoms with Crippen molar-refractivity contribution in [2.24, 2.45) is 10.8 Å². The molecular weight excluding hydrogens is 713 g/mol. The van der Waals surface area contributed by atoms with Gasteiger partial charge in [0.2, 0.25) is 0 Å². The molecule has 223 valence electrons. The van der Waals surface area contributed by atoms with Crippen molar-refractivity contribution >= 4 is 40.6 Å². The van der Waals surface area contributed by atoms with Crippen LogP contribution < -0.4 is 5.19 Å². The maximum atomic E-state index is 11.8. The second kappa shape index (κ2) is 13.9. The molecule has 0 aliphatic rings. The zero-order chi connectivity index (χ0) is 30.6. The van der Waals surface area contributed by atoms with Gasteiger partial charge in [0.25, 0.3) is 0 Å². The van der Waals surface area contributed by atoms with E-state index in [4.69, 9.17) is 0 Å². The molecule has 1 N–H and O–H groups in total. The van der Waals surface area contributed by atoms with Crippen LogP contribution in [0.3, 0.4) is 0 Å². The molecule has 3 aromatic carbocycles. The van der Waals surface area contributed by atoms with E-state index in [0.29, 0.717) is 5.56 Å². The molecule has 0 amide bonds. The van der Waals surface area contributed by atoms with Gasteiger partial charge in [-0.15, -0.1) is 23.6 Å². The molecule has 0 saturated heterocycles. The van der Waals surface area contributed by atoms with Gasteiger partial charge in [0.1, 0.15) is 5.76 Å². The van der Waals surface area contributed by atoms with Gasteiger partial charge in [-0.05, 0) is 35.2 Å². The number of hydrogen-bond acceptors (Lipinski definition) is 4. The van der Waals surface area contributed by atoms with Crippen LogP contribution in [0.2, 0.25) is 19.6 Å². The van der Waals surface area contributed by atoms with Crippen LogP contribution in [0.5, 0.6) is 0 Å². The fourth-order valence-corrected chi connectivity index (χ4v) is 5.35. The van der Waals surface area contributed by atoms with E-state index in [1.165, 1.54) is 16.6 Å². The summed E-state index contributed by atoms with van der Waals surface area (Å²) >= 11 is 0. The van der Waals surface area contributed by atoms with Crippen molar-refractivity contribution < 1.29 is 30.0 Å². The Labute approximate surface area is 266 Å². The van der Waals surface area contributed by atoms with Gasteiger partial charge in [-0.1, -0.05) is 114 Å². The van der Waals surface area contributed by atoms with Gasteiger partial charge < -0.3 is 5.11 Å². The maximum absolute atomic E-state index is 11.8. The molecule has 0 bridgehead atoms. The molecule has 0 aliphatic carbocycles. The molecule has 4 nitrogen and oxygen atoms in total. The summed E-state index contributed by atoms with van der Waals surface area (Å²) in [4.78, 5) is 16.5. The number of benzene rings is 3. The van der Waals surface area contributed by atoms with E-state index in [0.717, 1.165) is 40.3 Å². The molecule has 4 aromatic rings. The van der Waals surface area contributed by atoms with Crippen molar-refractivity contribution in [1.29, 1.82) is 5.26 Å². The number of aliphatic hydroxyl groups is 1. The molecule has 6 heteroatoms. The number of pyridine rings is 1. The minimum absolute atomic E-state index is 0. The number of hydrogen-bond donors (Lipinski definition) is 1. The van der Waals surface area contributed by atoms with E-state index in [1.807, 2.05) is 78.1 Å². The number of allylic oxidation sites excluding steroid dienone is 2. The Hall–Kier alpha value is -3.10. The quantitative estimate of drug-likeness (QED) is 0.0884. The van der Waals surface area contributed by atoms with Crippen LogP contribution in [0.1, 0.15) is 59.9 Å². The molecule has 1 aromatic heterocycles. The first-order chi connectivity index (χ1) is 19.1. The minimum atomic E-state index is -1.37. The predicted octanol–water partition coefficient (Wildman–Crippen LogP) is 9.14. The van der Waals surface area contributed by atoms with Crippen LogP contribution in [0, 0.1) is 28.2 Å². The molecule has 4 rings (SSSR count). The first-order valence-corrected chi connectivity index (χ1v) is 17.8. The van der Waals surface area contributed by atoms with Crippen molar-refractivity contribution in [3.8, 4) is 17.3 Å². The molecule has 0 atom stereocenters. The molecule has 0 aliphatic heterocycles. The average molecular weight is 756 g/mol. The third-order valence-corrected chi connectivity index (χ3v) is 10.2. The summed E-state index contributed by atoms with van der Waals surface area (Å²) in [6.07, 6.45) is 4.84. The summed E-state index contributed by atoms with van der Waals surface area (Å²) in [7, 11) is -1.37. The SMILES string of the molecule is CCC(C)(C)C(=O)/C=C(\O)C(C)(C)CC.C[Si](C)(C)c1ccc2c(-c3[c-]c4ccccc4c(C#N)c3)nccc2c1.[Ir]. The Bertz CT molecular complexity index is 1640. The molecular formula is C36H43IrN2O2Si-. The number of carbonyl (C=O) groups excluding carboxylic acids is 1. The second-order valence-electron chi connectivity index (χ2n) is 13.0.